The third-order valence-electron chi connectivity index (χ3n) is 4.87. The molecule has 0 bridgehead atoms. The molecular weight excluding hydrogens is 320 g/mol. The van der Waals surface area contributed by atoms with E-state index in [4.69, 9.17) is 5.84 Å². The van der Waals surface area contributed by atoms with Gasteiger partial charge in [-0.2, -0.15) is 0 Å². The topological polar surface area (TPSA) is 75.3 Å². The number of nitrogens with one attached hydrogen (secondary N) is 1. The van der Waals surface area contributed by atoms with Gasteiger partial charge in [0.05, 0.1) is 5.56 Å². The average Bonchev–Trinajstić information content (AvgIpc) is 2.84. The van der Waals surface area contributed by atoms with E-state index >= 15 is 0 Å². The summed E-state index contributed by atoms with van der Waals surface area (Å²) in [5.41, 5.74) is 7.53. The molecule has 5 heteroatoms. The SMILES string of the molecule is Cc1cccc(CNN)c1-c1sc2c(c1C(=O)O)CC(C)(C)CC2. The number of hydrogen-bond acceptors (Lipinski definition) is 4. The Kier molecular flexibility index (Phi) is 4.51. The van der Waals surface area contributed by atoms with Gasteiger partial charge in [-0.05, 0) is 53.9 Å². The molecule has 3 rings (SSSR count). The van der Waals surface area contributed by atoms with E-state index in [1.807, 2.05) is 25.1 Å². The summed E-state index contributed by atoms with van der Waals surface area (Å²) in [6, 6.07) is 6.03. The van der Waals surface area contributed by atoms with Crippen molar-refractivity contribution in [2.24, 2.45) is 11.3 Å². The van der Waals surface area contributed by atoms with Crippen LogP contribution in [0.2, 0.25) is 0 Å². The molecule has 0 amide bonds. The Balaban J connectivity index is 2.24. The number of aryl methyl sites for hydroxylation is 2. The first-order valence-electron chi connectivity index (χ1n) is 8.24. The summed E-state index contributed by atoms with van der Waals surface area (Å²) in [7, 11) is 0. The molecule has 1 aliphatic rings. The minimum absolute atomic E-state index is 0.156. The molecule has 4 nitrogen and oxygen atoms in total. The number of rotatable bonds is 4. The van der Waals surface area contributed by atoms with Gasteiger partial charge < -0.3 is 5.11 Å². The minimum atomic E-state index is -0.824. The third-order valence-corrected chi connectivity index (χ3v) is 6.18. The molecule has 0 aliphatic heterocycles. The van der Waals surface area contributed by atoms with Gasteiger partial charge in [0.25, 0.3) is 0 Å². The molecule has 128 valence electrons. The van der Waals surface area contributed by atoms with Crippen LogP contribution in [0.25, 0.3) is 10.4 Å². The van der Waals surface area contributed by atoms with Crippen LogP contribution in [0.3, 0.4) is 0 Å². The zero-order chi connectivity index (χ0) is 17.5. The van der Waals surface area contributed by atoms with E-state index in [2.05, 4.69) is 19.3 Å². The fraction of sp³-hybridized carbons (Fsp3) is 0.421. The van der Waals surface area contributed by atoms with Crippen LogP contribution < -0.4 is 11.3 Å². The van der Waals surface area contributed by atoms with Crippen molar-refractivity contribution in [1.29, 1.82) is 0 Å². The van der Waals surface area contributed by atoms with E-state index in [1.54, 1.807) is 11.3 Å². The second kappa shape index (κ2) is 6.31. The van der Waals surface area contributed by atoms with E-state index in [1.165, 1.54) is 4.88 Å². The van der Waals surface area contributed by atoms with E-state index in [-0.39, 0.29) is 5.41 Å². The molecule has 1 aromatic heterocycles. The summed E-state index contributed by atoms with van der Waals surface area (Å²) in [6.07, 6.45) is 2.89. The highest BCUT2D eigenvalue weighted by atomic mass is 32.1. The van der Waals surface area contributed by atoms with Gasteiger partial charge in [0.15, 0.2) is 0 Å². The van der Waals surface area contributed by atoms with Gasteiger partial charge in [-0.1, -0.05) is 32.0 Å². The molecule has 0 saturated heterocycles. The maximum absolute atomic E-state index is 12.1. The zero-order valence-corrected chi connectivity index (χ0v) is 15.2. The number of fused-ring (bicyclic) bond motifs is 1. The molecule has 0 saturated carbocycles. The molecule has 1 heterocycles. The van der Waals surface area contributed by atoms with Crippen molar-refractivity contribution in [3.63, 3.8) is 0 Å². The number of thiophene rings is 1. The molecule has 0 atom stereocenters. The van der Waals surface area contributed by atoms with Crippen LogP contribution >= 0.6 is 11.3 Å². The highest BCUT2D eigenvalue weighted by molar-refractivity contribution is 7.16. The number of hydrogen-bond donors (Lipinski definition) is 3. The molecule has 2 aromatic rings. The third kappa shape index (κ3) is 2.99. The van der Waals surface area contributed by atoms with Gasteiger partial charge >= 0.3 is 5.97 Å². The Labute approximate surface area is 146 Å². The first-order chi connectivity index (χ1) is 11.3. The number of nitrogens with two attached hydrogens (primary N) is 1. The Bertz CT molecular complexity index is 793. The molecule has 0 radical (unpaired) electrons. The first kappa shape index (κ1) is 17.1. The fourth-order valence-electron chi connectivity index (χ4n) is 3.63. The standard InChI is InChI=1S/C19H24N2O2S/c1-11-5-4-6-12(10-21-20)15(11)17-16(18(22)23)13-9-19(2,3)8-7-14(13)24-17/h4-6,21H,7-10,20H2,1-3H3,(H,22,23). The molecular formula is C19H24N2O2S. The van der Waals surface area contributed by atoms with Crippen molar-refractivity contribution in [1.82, 2.24) is 5.43 Å². The number of hydrazine groups is 1. The number of carbonyl (C=O) groups is 1. The van der Waals surface area contributed by atoms with Crippen molar-refractivity contribution in [3.8, 4) is 10.4 Å². The monoisotopic (exact) mass is 344 g/mol. The molecule has 1 aromatic carbocycles. The molecule has 24 heavy (non-hydrogen) atoms. The van der Waals surface area contributed by atoms with Crippen LogP contribution in [0.15, 0.2) is 18.2 Å². The molecule has 0 spiro atoms. The number of aromatic carboxylic acids is 1. The molecule has 0 fully saturated rings. The first-order valence-corrected chi connectivity index (χ1v) is 9.06. The highest BCUT2D eigenvalue weighted by Crippen LogP contribution is 2.46. The summed E-state index contributed by atoms with van der Waals surface area (Å²) in [5.74, 6) is 4.70. The Morgan fingerprint density at radius 3 is 2.83 bits per heavy atom. The van der Waals surface area contributed by atoms with Crippen molar-refractivity contribution in [2.45, 2.75) is 46.6 Å². The smallest absolute Gasteiger partial charge is 0.337 e. The van der Waals surface area contributed by atoms with Crippen LogP contribution in [0.1, 0.15) is 52.2 Å². The predicted molar refractivity (Wildman–Crippen MR) is 98.3 cm³/mol. The lowest BCUT2D eigenvalue weighted by molar-refractivity contribution is 0.0696. The molecule has 4 N–H and O–H groups in total. The summed E-state index contributed by atoms with van der Waals surface area (Å²) in [5, 5.41) is 9.92. The fourth-order valence-corrected chi connectivity index (χ4v) is 5.09. The zero-order valence-electron chi connectivity index (χ0n) is 14.4. The van der Waals surface area contributed by atoms with Gasteiger partial charge in [-0.3, -0.25) is 11.3 Å². The number of carboxylic acid groups (broad SMARTS) is 1. The van der Waals surface area contributed by atoms with Crippen LogP contribution in [0, 0.1) is 12.3 Å². The largest absolute Gasteiger partial charge is 0.478 e. The maximum Gasteiger partial charge on any atom is 0.337 e. The van der Waals surface area contributed by atoms with Gasteiger partial charge in [-0.25, -0.2) is 4.79 Å². The van der Waals surface area contributed by atoms with Crippen molar-refractivity contribution < 1.29 is 9.90 Å². The lowest BCUT2D eigenvalue weighted by Crippen LogP contribution is -2.22. The normalized spacial score (nSPS) is 16.0. The van der Waals surface area contributed by atoms with Crippen LogP contribution in [0.4, 0.5) is 0 Å². The van der Waals surface area contributed by atoms with E-state index in [0.29, 0.717) is 12.1 Å². The summed E-state index contributed by atoms with van der Waals surface area (Å²) < 4.78 is 0. The maximum atomic E-state index is 12.1. The predicted octanol–water partition coefficient (Wildman–Crippen LogP) is 3.90. The Morgan fingerprint density at radius 2 is 2.17 bits per heavy atom. The lowest BCUT2D eigenvalue weighted by atomic mass is 9.75. The van der Waals surface area contributed by atoms with Gasteiger partial charge in [-0.15, -0.1) is 11.3 Å². The van der Waals surface area contributed by atoms with E-state index in [0.717, 1.165) is 46.4 Å². The number of benzene rings is 1. The summed E-state index contributed by atoms with van der Waals surface area (Å²) in [4.78, 5) is 14.2. The van der Waals surface area contributed by atoms with Crippen LogP contribution in [-0.2, 0) is 19.4 Å². The molecule has 0 unspecified atom stereocenters. The van der Waals surface area contributed by atoms with Gasteiger partial charge in [0.2, 0.25) is 0 Å². The Morgan fingerprint density at radius 1 is 1.42 bits per heavy atom. The Hall–Kier alpha value is -1.69. The number of carboxylic acids is 1. The lowest BCUT2D eigenvalue weighted by Gasteiger charge is -2.29. The average molecular weight is 344 g/mol. The van der Waals surface area contributed by atoms with Gasteiger partial charge in [0.1, 0.15) is 0 Å². The second-order valence-electron chi connectivity index (χ2n) is 7.34. The van der Waals surface area contributed by atoms with Crippen molar-refractivity contribution in [2.75, 3.05) is 0 Å². The summed E-state index contributed by atoms with van der Waals surface area (Å²) >= 11 is 1.65. The summed E-state index contributed by atoms with van der Waals surface area (Å²) in [6.45, 7) is 6.99. The van der Waals surface area contributed by atoms with Crippen LogP contribution in [-0.4, -0.2) is 11.1 Å². The van der Waals surface area contributed by atoms with Crippen molar-refractivity contribution >= 4 is 17.3 Å². The molecule has 1 aliphatic carbocycles. The second-order valence-corrected chi connectivity index (χ2v) is 8.45. The van der Waals surface area contributed by atoms with E-state index < -0.39 is 5.97 Å². The highest BCUT2D eigenvalue weighted by Gasteiger charge is 2.33. The van der Waals surface area contributed by atoms with Gasteiger partial charge in [0, 0.05) is 16.3 Å². The van der Waals surface area contributed by atoms with Crippen molar-refractivity contribution in [3.05, 3.63) is 45.3 Å². The minimum Gasteiger partial charge on any atom is -0.478 e. The quantitative estimate of drug-likeness (QED) is 0.581. The van der Waals surface area contributed by atoms with Crippen LogP contribution in [0.5, 0.6) is 0 Å². The van der Waals surface area contributed by atoms with E-state index in [9.17, 15) is 9.90 Å².